The van der Waals surface area contributed by atoms with E-state index in [4.69, 9.17) is 0 Å². The van der Waals surface area contributed by atoms with Crippen molar-refractivity contribution < 1.29 is 9.90 Å². The number of nitrogens with zero attached hydrogens (tertiary/aromatic N) is 3. The van der Waals surface area contributed by atoms with Gasteiger partial charge < -0.3 is 5.11 Å². The van der Waals surface area contributed by atoms with E-state index in [1.807, 2.05) is 25.5 Å². The fourth-order valence-electron chi connectivity index (χ4n) is 2.26. The molecule has 2 rings (SSSR count). The summed E-state index contributed by atoms with van der Waals surface area (Å²) < 4.78 is 1.86. The maximum atomic E-state index is 11.2. The first kappa shape index (κ1) is 12.1. The molecule has 1 N–H and O–H groups in total. The van der Waals surface area contributed by atoms with Crippen LogP contribution in [0.2, 0.25) is 0 Å². The van der Waals surface area contributed by atoms with Gasteiger partial charge in [-0.1, -0.05) is 6.92 Å². The lowest BCUT2D eigenvalue weighted by Crippen LogP contribution is -2.27. The Kier molecular flexibility index (Phi) is 2.73. The molecule has 0 aliphatic carbocycles. The van der Waals surface area contributed by atoms with Gasteiger partial charge in [-0.25, -0.2) is 4.79 Å². The lowest BCUT2D eigenvalue weighted by atomic mass is 10.1. The third kappa shape index (κ3) is 1.95. The van der Waals surface area contributed by atoms with E-state index in [-0.39, 0.29) is 11.2 Å². The van der Waals surface area contributed by atoms with Crippen LogP contribution in [0.15, 0.2) is 0 Å². The Morgan fingerprint density at radius 2 is 2.06 bits per heavy atom. The summed E-state index contributed by atoms with van der Waals surface area (Å²) in [4.78, 5) is 13.4. The first-order valence-corrected chi connectivity index (χ1v) is 5.91. The predicted molar refractivity (Wildman–Crippen MR) is 64.0 cm³/mol. The van der Waals surface area contributed by atoms with Crippen molar-refractivity contribution in [3.63, 3.8) is 0 Å². The molecule has 0 spiro atoms. The van der Waals surface area contributed by atoms with Crippen molar-refractivity contribution in [2.45, 2.75) is 46.3 Å². The Morgan fingerprint density at radius 1 is 1.41 bits per heavy atom. The molecule has 0 saturated heterocycles. The summed E-state index contributed by atoms with van der Waals surface area (Å²) in [6.07, 6.45) is 0. The highest BCUT2D eigenvalue weighted by atomic mass is 16.4. The van der Waals surface area contributed by atoms with Crippen LogP contribution < -0.4 is 0 Å². The number of aromatic nitrogens is 2. The standard InChI is InChI=1S/C12H19N3O2/c1-5-14-6-8-9(7-14)15(12(2,3)4)13-10(8)11(16)17/h5-7H2,1-4H3,(H,16,17). The molecule has 1 aliphatic rings. The number of aromatic carboxylic acids is 1. The van der Waals surface area contributed by atoms with Crippen LogP contribution in [-0.2, 0) is 18.6 Å². The average molecular weight is 237 g/mol. The van der Waals surface area contributed by atoms with Gasteiger partial charge in [0, 0.05) is 18.7 Å². The first-order chi connectivity index (χ1) is 7.84. The Hall–Kier alpha value is -1.36. The van der Waals surface area contributed by atoms with Crippen LogP contribution in [0.1, 0.15) is 49.4 Å². The molecule has 5 heteroatoms. The van der Waals surface area contributed by atoms with Gasteiger partial charge in [-0.2, -0.15) is 5.10 Å². The molecule has 0 fully saturated rings. The molecule has 17 heavy (non-hydrogen) atoms. The SMILES string of the molecule is CCN1Cc2c(C(=O)O)nn(C(C)(C)C)c2C1. The van der Waals surface area contributed by atoms with Gasteiger partial charge in [-0.05, 0) is 27.3 Å². The van der Waals surface area contributed by atoms with Gasteiger partial charge in [-0.15, -0.1) is 0 Å². The Morgan fingerprint density at radius 3 is 2.53 bits per heavy atom. The van der Waals surface area contributed by atoms with Crippen molar-refractivity contribution in [2.75, 3.05) is 6.54 Å². The molecule has 0 atom stereocenters. The second-order valence-electron chi connectivity index (χ2n) is 5.46. The molecule has 5 nitrogen and oxygen atoms in total. The maximum absolute atomic E-state index is 11.2. The monoisotopic (exact) mass is 237 g/mol. The van der Waals surface area contributed by atoms with Gasteiger partial charge >= 0.3 is 5.97 Å². The fourth-order valence-corrected chi connectivity index (χ4v) is 2.26. The zero-order chi connectivity index (χ0) is 12.8. The highest BCUT2D eigenvalue weighted by molar-refractivity contribution is 5.87. The van der Waals surface area contributed by atoms with Gasteiger partial charge in [-0.3, -0.25) is 9.58 Å². The summed E-state index contributed by atoms with van der Waals surface area (Å²) in [6, 6.07) is 0. The highest BCUT2D eigenvalue weighted by Crippen LogP contribution is 2.29. The number of carboxylic acid groups (broad SMARTS) is 1. The molecule has 0 amide bonds. The van der Waals surface area contributed by atoms with Crippen LogP contribution in [0.3, 0.4) is 0 Å². The van der Waals surface area contributed by atoms with E-state index in [9.17, 15) is 9.90 Å². The summed E-state index contributed by atoms with van der Waals surface area (Å²) in [5, 5.41) is 13.5. The second kappa shape index (κ2) is 3.84. The van der Waals surface area contributed by atoms with Crippen LogP contribution in [-0.4, -0.2) is 32.3 Å². The van der Waals surface area contributed by atoms with E-state index >= 15 is 0 Å². The van der Waals surface area contributed by atoms with Crippen molar-refractivity contribution in [1.82, 2.24) is 14.7 Å². The van der Waals surface area contributed by atoms with Crippen LogP contribution >= 0.6 is 0 Å². The van der Waals surface area contributed by atoms with E-state index in [1.165, 1.54) is 0 Å². The smallest absolute Gasteiger partial charge is 0.356 e. The third-order valence-electron chi connectivity index (χ3n) is 3.13. The lowest BCUT2D eigenvalue weighted by molar-refractivity contribution is 0.0686. The average Bonchev–Trinajstić information content (AvgIpc) is 2.71. The van der Waals surface area contributed by atoms with Crippen molar-refractivity contribution in [3.8, 4) is 0 Å². The maximum Gasteiger partial charge on any atom is 0.356 e. The number of carboxylic acids is 1. The van der Waals surface area contributed by atoms with E-state index in [0.717, 1.165) is 24.3 Å². The molecule has 1 aromatic rings. The van der Waals surface area contributed by atoms with Crippen LogP contribution in [0.5, 0.6) is 0 Å². The van der Waals surface area contributed by atoms with Gasteiger partial charge in [0.05, 0.1) is 11.2 Å². The fraction of sp³-hybridized carbons (Fsp3) is 0.667. The third-order valence-corrected chi connectivity index (χ3v) is 3.13. The zero-order valence-electron chi connectivity index (χ0n) is 10.8. The molecule has 1 aliphatic heterocycles. The Balaban J connectivity index is 2.52. The van der Waals surface area contributed by atoms with Crippen molar-refractivity contribution in [3.05, 3.63) is 17.0 Å². The molecule has 0 saturated carbocycles. The number of hydrogen-bond donors (Lipinski definition) is 1. The zero-order valence-corrected chi connectivity index (χ0v) is 10.8. The van der Waals surface area contributed by atoms with Crippen LogP contribution in [0.25, 0.3) is 0 Å². The van der Waals surface area contributed by atoms with Crippen molar-refractivity contribution >= 4 is 5.97 Å². The van der Waals surface area contributed by atoms with Gasteiger partial charge in [0.15, 0.2) is 5.69 Å². The molecule has 0 aromatic carbocycles. The number of hydrogen-bond acceptors (Lipinski definition) is 3. The molecule has 1 aromatic heterocycles. The topological polar surface area (TPSA) is 58.4 Å². The van der Waals surface area contributed by atoms with E-state index in [1.54, 1.807) is 0 Å². The minimum Gasteiger partial charge on any atom is -0.476 e. The van der Waals surface area contributed by atoms with E-state index in [0.29, 0.717) is 6.54 Å². The normalized spacial score (nSPS) is 16.2. The van der Waals surface area contributed by atoms with Crippen molar-refractivity contribution in [1.29, 1.82) is 0 Å². The Bertz CT molecular complexity index is 457. The number of fused-ring (bicyclic) bond motifs is 1. The van der Waals surface area contributed by atoms with E-state index < -0.39 is 5.97 Å². The number of carbonyl (C=O) groups is 1. The Labute approximate surface area is 101 Å². The summed E-state index contributed by atoms with van der Waals surface area (Å²) in [6.45, 7) is 10.6. The molecule has 0 radical (unpaired) electrons. The van der Waals surface area contributed by atoms with Gasteiger partial charge in [0.25, 0.3) is 0 Å². The predicted octanol–water partition coefficient (Wildman–Crippen LogP) is 1.67. The summed E-state index contributed by atoms with van der Waals surface area (Å²) in [5.41, 5.74) is 1.97. The largest absolute Gasteiger partial charge is 0.476 e. The second-order valence-corrected chi connectivity index (χ2v) is 5.46. The van der Waals surface area contributed by atoms with Crippen molar-refractivity contribution in [2.24, 2.45) is 0 Å². The lowest BCUT2D eigenvalue weighted by Gasteiger charge is -2.22. The molecule has 2 heterocycles. The van der Waals surface area contributed by atoms with Crippen LogP contribution in [0, 0.1) is 0 Å². The molecular weight excluding hydrogens is 218 g/mol. The molecule has 94 valence electrons. The first-order valence-electron chi connectivity index (χ1n) is 5.91. The van der Waals surface area contributed by atoms with Gasteiger partial charge in [0.2, 0.25) is 0 Å². The summed E-state index contributed by atoms with van der Waals surface area (Å²) in [5.74, 6) is -0.929. The quantitative estimate of drug-likeness (QED) is 0.850. The van der Waals surface area contributed by atoms with Crippen LogP contribution in [0.4, 0.5) is 0 Å². The minimum atomic E-state index is -0.929. The molecule has 0 bridgehead atoms. The highest BCUT2D eigenvalue weighted by Gasteiger charge is 2.32. The minimum absolute atomic E-state index is 0.179. The van der Waals surface area contributed by atoms with E-state index in [2.05, 4.69) is 16.9 Å². The summed E-state index contributed by atoms with van der Waals surface area (Å²) in [7, 11) is 0. The molecule has 0 unspecified atom stereocenters. The number of rotatable bonds is 2. The summed E-state index contributed by atoms with van der Waals surface area (Å²) >= 11 is 0. The molecular formula is C12H19N3O2. The van der Waals surface area contributed by atoms with Gasteiger partial charge in [0.1, 0.15) is 0 Å².